The highest BCUT2D eigenvalue weighted by Crippen LogP contribution is 2.24. The lowest BCUT2D eigenvalue weighted by molar-refractivity contribution is 0.0696. The zero-order valence-electron chi connectivity index (χ0n) is 14.7. The third-order valence-electron chi connectivity index (χ3n) is 4.54. The number of rotatable bonds is 5. The Hall–Kier alpha value is -3.09. The van der Waals surface area contributed by atoms with Gasteiger partial charge in [-0.05, 0) is 62.1 Å². The summed E-state index contributed by atoms with van der Waals surface area (Å²) in [5.74, 6) is -0.811. The van der Waals surface area contributed by atoms with Crippen molar-refractivity contribution >= 4 is 17.7 Å². The Bertz CT molecular complexity index is 802. The fourth-order valence-electron chi connectivity index (χ4n) is 3.10. The third kappa shape index (κ3) is 5.20. The molecule has 2 aromatic carbocycles. The number of benzene rings is 2. The van der Waals surface area contributed by atoms with Gasteiger partial charge in [-0.1, -0.05) is 12.1 Å². The molecule has 0 heterocycles. The van der Waals surface area contributed by atoms with E-state index in [0.29, 0.717) is 5.75 Å². The molecule has 3 rings (SSSR count). The van der Waals surface area contributed by atoms with E-state index >= 15 is 0 Å². The number of carbonyl (C=O) groups is 2. The van der Waals surface area contributed by atoms with E-state index in [1.165, 1.54) is 24.3 Å². The molecule has 142 valence electrons. The van der Waals surface area contributed by atoms with Crippen molar-refractivity contribution in [3.05, 3.63) is 59.9 Å². The van der Waals surface area contributed by atoms with Crippen LogP contribution in [0.4, 0.5) is 14.9 Å². The van der Waals surface area contributed by atoms with Crippen LogP contribution in [-0.4, -0.2) is 29.3 Å². The van der Waals surface area contributed by atoms with E-state index in [-0.39, 0.29) is 23.4 Å². The van der Waals surface area contributed by atoms with E-state index in [1.807, 2.05) is 0 Å². The van der Waals surface area contributed by atoms with Crippen LogP contribution in [0.3, 0.4) is 0 Å². The first-order valence-electron chi connectivity index (χ1n) is 8.83. The number of hydrogen-bond donors (Lipinski definition) is 3. The van der Waals surface area contributed by atoms with Gasteiger partial charge in [0.2, 0.25) is 0 Å². The Morgan fingerprint density at radius 3 is 2.30 bits per heavy atom. The fraction of sp³-hybridized carbons (Fsp3) is 0.300. The van der Waals surface area contributed by atoms with Crippen molar-refractivity contribution in [2.24, 2.45) is 0 Å². The van der Waals surface area contributed by atoms with Gasteiger partial charge < -0.3 is 20.5 Å². The molecule has 6 nitrogen and oxygen atoms in total. The first-order chi connectivity index (χ1) is 13.0. The molecule has 1 aliphatic rings. The van der Waals surface area contributed by atoms with Crippen molar-refractivity contribution in [3.63, 3.8) is 0 Å². The van der Waals surface area contributed by atoms with Gasteiger partial charge in [0, 0.05) is 6.04 Å². The molecule has 0 bridgehead atoms. The number of carbonyl (C=O) groups excluding carboxylic acids is 1. The molecule has 1 aliphatic carbocycles. The molecule has 7 heteroatoms. The molecule has 0 atom stereocenters. The molecule has 0 aromatic heterocycles. The highest BCUT2D eigenvalue weighted by molar-refractivity contribution is 5.89. The summed E-state index contributed by atoms with van der Waals surface area (Å²) < 4.78 is 19.4. The monoisotopic (exact) mass is 372 g/mol. The second kappa shape index (κ2) is 8.53. The molecule has 1 fully saturated rings. The third-order valence-corrected chi connectivity index (χ3v) is 4.54. The van der Waals surface area contributed by atoms with Gasteiger partial charge in [-0.3, -0.25) is 0 Å². The van der Waals surface area contributed by atoms with Gasteiger partial charge >= 0.3 is 12.0 Å². The van der Waals surface area contributed by atoms with Crippen molar-refractivity contribution in [1.82, 2.24) is 5.32 Å². The van der Waals surface area contributed by atoms with Gasteiger partial charge in [0.1, 0.15) is 11.6 Å². The van der Waals surface area contributed by atoms with E-state index in [9.17, 15) is 14.0 Å². The number of aromatic carboxylic acids is 1. The maximum absolute atomic E-state index is 13.6. The minimum atomic E-state index is -0.971. The predicted molar refractivity (Wildman–Crippen MR) is 98.6 cm³/mol. The molecule has 0 radical (unpaired) electrons. The van der Waals surface area contributed by atoms with Gasteiger partial charge in [-0.25, -0.2) is 14.0 Å². The summed E-state index contributed by atoms with van der Waals surface area (Å²) >= 11 is 0. The predicted octanol–water partition coefficient (Wildman–Crippen LogP) is 4.04. The Labute approximate surface area is 156 Å². The van der Waals surface area contributed by atoms with Crippen molar-refractivity contribution in [2.45, 2.75) is 37.8 Å². The van der Waals surface area contributed by atoms with Crippen LogP contribution in [0.2, 0.25) is 0 Å². The standard InChI is InChI=1S/C20H21FN2O4/c21-17-3-1-2-4-18(17)23-20(26)22-14-7-11-16(12-8-14)27-15-9-5-13(6-10-15)19(24)25/h1-6,9-10,14,16H,7-8,11-12H2,(H,24,25)(H2,22,23,26). The number of carboxylic acid groups (broad SMARTS) is 1. The fourth-order valence-corrected chi connectivity index (χ4v) is 3.10. The second-order valence-corrected chi connectivity index (χ2v) is 6.50. The van der Waals surface area contributed by atoms with Crippen LogP contribution < -0.4 is 15.4 Å². The van der Waals surface area contributed by atoms with E-state index < -0.39 is 17.8 Å². The number of urea groups is 1. The molecule has 0 unspecified atom stereocenters. The molecule has 0 saturated heterocycles. The number of ether oxygens (including phenoxy) is 1. The van der Waals surface area contributed by atoms with Crippen molar-refractivity contribution in [1.29, 1.82) is 0 Å². The molecular weight excluding hydrogens is 351 g/mol. The number of nitrogens with one attached hydrogen (secondary N) is 2. The van der Waals surface area contributed by atoms with Crippen molar-refractivity contribution in [3.8, 4) is 5.75 Å². The van der Waals surface area contributed by atoms with E-state index in [1.54, 1.807) is 24.3 Å². The summed E-state index contributed by atoms with van der Waals surface area (Å²) in [6.45, 7) is 0. The van der Waals surface area contributed by atoms with Crippen LogP contribution >= 0.6 is 0 Å². The molecule has 27 heavy (non-hydrogen) atoms. The summed E-state index contributed by atoms with van der Waals surface area (Å²) in [5.41, 5.74) is 0.368. The quantitative estimate of drug-likeness (QED) is 0.739. The average Bonchev–Trinajstić information content (AvgIpc) is 2.66. The number of carboxylic acids is 1. The normalized spacial score (nSPS) is 19.1. The molecule has 2 aromatic rings. The lowest BCUT2D eigenvalue weighted by Crippen LogP contribution is -2.41. The zero-order chi connectivity index (χ0) is 19.2. The van der Waals surface area contributed by atoms with Gasteiger partial charge in [0.05, 0.1) is 17.4 Å². The van der Waals surface area contributed by atoms with Crippen LogP contribution in [0.1, 0.15) is 36.0 Å². The van der Waals surface area contributed by atoms with E-state index in [4.69, 9.17) is 9.84 Å². The SMILES string of the molecule is O=C(Nc1ccccc1F)NC1CCC(Oc2ccc(C(=O)O)cc2)CC1. The number of halogens is 1. The average molecular weight is 372 g/mol. The summed E-state index contributed by atoms with van der Waals surface area (Å²) in [6, 6.07) is 11.9. The molecule has 0 aliphatic heterocycles. The number of para-hydroxylation sites is 1. The summed E-state index contributed by atoms with van der Waals surface area (Å²) in [7, 11) is 0. The molecular formula is C20H21FN2O4. The van der Waals surface area contributed by atoms with E-state index in [2.05, 4.69) is 10.6 Å². The number of amides is 2. The topological polar surface area (TPSA) is 87.7 Å². The Kier molecular flexibility index (Phi) is 5.90. The van der Waals surface area contributed by atoms with Crippen molar-refractivity contribution < 1.29 is 23.8 Å². The summed E-state index contributed by atoms with van der Waals surface area (Å²) in [6.07, 6.45) is 3.07. The highest BCUT2D eigenvalue weighted by atomic mass is 19.1. The smallest absolute Gasteiger partial charge is 0.335 e. The second-order valence-electron chi connectivity index (χ2n) is 6.50. The van der Waals surface area contributed by atoms with E-state index in [0.717, 1.165) is 25.7 Å². The summed E-state index contributed by atoms with van der Waals surface area (Å²) in [4.78, 5) is 22.9. The van der Waals surface area contributed by atoms with Crippen LogP contribution in [0.15, 0.2) is 48.5 Å². The van der Waals surface area contributed by atoms with Crippen LogP contribution in [0.25, 0.3) is 0 Å². The van der Waals surface area contributed by atoms with Crippen LogP contribution in [0, 0.1) is 5.82 Å². The lowest BCUT2D eigenvalue weighted by atomic mass is 9.93. The van der Waals surface area contributed by atoms with Crippen molar-refractivity contribution in [2.75, 3.05) is 5.32 Å². The van der Waals surface area contributed by atoms with Crippen LogP contribution in [0.5, 0.6) is 5.75 Å². The first-order valence-corrected chi connectivity index (χ1v) is 8.83. The Balaban J connectivity index is 1.44. The molecule has 2 amide bonds. The largest absolute Gasteiger partial charge is 0.490 e. The van der Waals surface area contributed by atoms with Gasteiger partial charge in [-0.2, -0.15) is 0 Å². The minimum absolute atomic E-state index is 0.00556. The molecule has 3 N–H and O–H groups in total. The number of anilines is 1. The molecule has 1 saturated carbocycles. The Morgan fingerprint density at radius 2 is 1.67 bits per heavy atom. The highest BCUT2D eigenvalue weighted by Gasteiger charge is 2.24. The minimum Gasteiger partial charge on any atom is -0.490 e. The lowest BCUT2D eigenvalue weighted by Gasteiger charge is -2.29. The molecule has 0 spiro atoms. The van der Waals surface area contributed by atoms with Gasteiger partial charge in [0.25, 0.3) is 0 Å². The zero-order valence-corrected chi connectivity index (χ0v) is 14.7. The summed E-state index contributed by atoms with van der Waals surface area (Å²) in [5, 5.41) is 14.3. The maximum atomic E-state index is 13.6. The maximum Gasteiger partial charge on any atom is 0.335 e. The first kappa shape index (κ1) is 18.7. The van der Waals surface area contributed by atoms with Gasteiger partial charge in [0.15, 0.2) is 0 Å². The van der Waals surface area contributed by atoms with Crippen LogP contribution in [-0.2, 0) is 0 Å². The van der Waals surface area contributed by atoms with Gasteiger partial charge in [-0.15, -0.1) is 0 Å². The number of hydrogen-bond acceptors (Lipinski definition) is 3. The Morgan fingerprint density at radius 1 is 1.00 bits per heavy atom.